The first-order chi connectivity index (χ1) is 8.10. The van der Waals surface area contributed by atoms with Crippen LogP contribution in [-0.4, -0.2) is 25.6 Å². The van der Waals surface area contributed by atoms with Crippen LogP contribution in [0.5, 0.6) is 0 Å². The number of anilines is 1. The smallest absolute Gasteiger partial charge is 0.235 e. The van der Waals surface area contributed by atoms with Crippen molar-refractivity contribution >= 4 is 21.4 Å². The molecule has 0 aliphatic carbocycles. The fraction of sp³-hybridized carbons (Fsp3) is 0.417. The molecule has 0 bridgehead atoms. The Balaban J connectivity index is 2.83. The lowest BCUT2D eigenvalue weighted by atomic mass is 10.1. The number of hydrogen-bond donors (Lipinski definition) is 2. The average Bonchev–Trinajstić information content (AvgIpc) is 2.13. The van der Waals surface area contributed by atoms with Crippen molar-refractivity contribution in [3.8, 4) is 0 Å². The number of amides is 1. The lowest BCUT2D eigenvalue weighted by Crippen LogP contribution is -2.43. The van der Waals surface area contributed by atoms with Gasteiger partial charge in [-0.15, -0.1) is 0 Å². The highest BCUT2D eigenvalue weighted by Crippen LogP contribution is 2.13. The van der Waals surface area contributed by atoms with Gasteiger partial charge in [-0.25, -0.2) is 8.42 Å². The molecule has 18 heavy (non-hydrogen) atoms. The summed E-state index contributed by atoms with van der Waals surface area (Å²) in [4.78, 5) is 11.7. The maximum absolute atomic E-state index is 11.9. The molecule has 0 atom stereocenters. The van der Waals surface area contributed by atoms with E-state index < -0.39 is 27.0 Å². The minimum absolute atomic E-state index is 0.0979. The van der Waals surface area contributed by atoms with Crippen LogP contribution in [0.25, 0.3) is 0 Å². The van der Waals surface area contributed by atoms with E-state index in [2.05, 4.69) is 5.32 Å². The van der Waals surface area contributed by atoms with E-state index in [1.165, 1.54) is 24.3 Å². The molecule has 0 saturated carbocycles. The fourth-order valence-corrected chi connectivity index (χ4v) is 2.52. The quantitative estimate of drug-likeness (QED) is 0.800. The number of sulfone groups is 1. The van der Waals surface area contributed by atoms with E-state index in [1.807, 2.05) is 0 Å². The lowest BCUT2D eigenvalue weighted by Gasteiger charge is -2.20. The number of nitrogen functional groups attached to an aromatic ring is 1. The number of nitrogens with one attached hydrogen (secondary N) is 1. The van der Waals surface area contributed by atoms with Gasteiger partial charge in [0.2, 0.25) is 5.91 Å². The highest BCUT2D eigenvalue weighted by Gasteiger charge is 2.22. The molecular formula is C12H18N2O3S. The Morgan fingerprint density at radius 3 is 2.17 bits per heavy atom. The van der Waals surface area contributed by atoms with E-state index in [4.69, 9.17) is 5.73 Å². The first kappa shape index (κ1) is 14.5. The Labute approximate surface area is 107 Å². The Morgan fingerprint density at radius 1 is 1.22 bits per heavy atom. The summed E-state index contributed by atoms with van der Waals surface area (Å²) in [6.07, 6.45) is 0. The van der Waals surface area contributed by atoms with E-state index in [-0.39, 0.29) is 4.90 Å². The molecule has 0 aromatic heterocycles. The number of hydrogen-bond acceptors (Lipinski definition) is 4. The number of rotatable bonds is 3. The minimum Gasteiger partial charge on any atom is -0.399 e. The number of benzene rings is 1. The third kappa shape index (κ3) is 4.37. The predicted molar refractivity (Wildman–Crippen MR) is 70.8 cm³/mol. The van der Waals surface area contributed by atoms with Crippen LogP contribution >= 0.6 is 0 Å². The van der Waals surface area contributed by atoms with Gasteiger partial charge in [0.05, 0.1) is 4.90 Å². The molecule has 5 nitrogen and oxygen atoms in total. The monoisotopic (exact) mass is 270 g/mol. The topological polar surface area (TPSA) is 89.3 Å². The van der Waals surface area contributed by atoms with E-state index >= 15 is 0 Å². The molecule has 0 saturated heterocycles. The molecule has 3 N–H and O–H groups in total. The van der Waals surface area contributed by atoms with E-state index in [9.17, 15) is 13.2 Å². The third-order valence-electron chi connectivity index (χ3n) is 2.07. The van der Waals surface area contributed by atoms with Crippen molar-refractivity contribution < 1.29 is 13.2 Å². The van der Waals surface area contributed by atoms with Gasteiger partial charge in [-0.1, -0.05) is 0 Å². The Kier molecular flexibility index (Phi) is 4.01. The van der Waals surface area contributed by atoms with Gasteiger partial charge in [0.15, 0.2) is 9.84 Å². The Bertz CT molecular complexity index is 527. The van der Waals surface area contributed by atoms with Gasteiger partial charge in [-0.3, -0.25) is 4.79 Å². The van der Waals surface area contributed by atoms with Crippen LogP contribution < -0.4 is 11.1 Å². The van der Waals surface area contributed by atoms with E-state index in [1.54, 1.807) is 20.8 Å². The minimum atomic E-state index is -3.62. The van der Waals surface area contributed by atoms with Crippen LogP contribution in [0.4, 0.5) is 5.69 Å². The summed E-state index contributed by atoms with van der Waals surface area (Å²) in [6, 6.07) is 5.78. The molecule has 0 radical (unpaired) electrons. The van der Waals surface area contributed by atoms with Gasteiger partial charge in [0.25, 0.3) is 0 Å². The summed E-state index contributed by atoms with van der Waals surface area (Å²) >= 11 is 0. The van der Waals surface area contributed by atoms with Gasteiger partial charge in [0, 0.05) is 11.2 Å². The fourth-order valence-electron chi connectivity index (χ4n) is 1.39. The predicted octanol–water partition coefficient (Wildman–Crippen LogP) is 0.957. The second-order valence-electron chi connectivity index (χ2n) is 5.13. The summed E-state index contributed by atoms with van der Waals surface area (Å²) in [7, 11) is -3.62. The molecule has 0 fully saturated rings. The molecule has 0 spiro atoms. The second kappa shape index (κ2) is 4.97. The molecule has 6 heteroatoms. The number of nitrogens with two attached hydrogens (primary N) is 1. The van der Waals surface area contributed by atoms with Gasteiger partial charge in [-0.05, 0) is 45.0 Å². The summed E-state index contributed by atoms with van der Waals surface area (Å²) in [5.74, 6) is -1.08. The second-order valence-corrected chi connectivity index (χ2v) is 7.12. The van der Waals surface area contributed by atoms with E-state index in [0.717, 1.165) is 0 Å². The van der Waals surface area contributed by atoms with Crippen LogP contribution in [0.3, 0.4) is 0 Å². The van der Waals surface area contributed by atoms with Crippen molar-refractivity contribution in [3.05, 3.63) is 24.3 Å². The van der Waals surface area contributed by atoms with Crippen molar-refractivity contribution in [2.75, 3.05) is 11.5 Å². The molecule has 1 rings (SSSR count). The van der Waals surface area contributed by atoms with Crippen molar-refractivity contribution in [1.29, 1.82) is 0 Å². The van der Waals surface area contributed by atoms with Crippen LogP contribution in [0.15, 0.2) is 29.2 Å². The zero-order valence-electron chi connectivity index (χ0n) is 10.7. The highest BCUT2D eigenvalue weighted by molar-refractivity contribution is 7.92. The summed E-state index contributed by atoms with van der Waals surface area (Å²) in [6.45, 7) is 5.38. The molecule has 0 heterocycles. The molecule has 1 amide bonds. The normalized spacial score (nSPS) is 12.2. The van der Waals surface area contributed by atoms with Crippen LogP contribution in [-0.2, 0) is 14.6 Å². The first-order valence-electron chi connectivity index (χ1n) is 5.49. The molecule has 100 valence electrons. The molecule has 0 aliphatic rings. The van der Waals surface area contributed by atoms with Crippen molar-refractivity contribution in [3.63, 3.8) is 0 Å². The van der Waals surface area contributed by atoms with E-state index in [0.29, 0.717) is 5.69 Å². The van der Waals surface area contributed by atoms with Crippen molar-refractivity contribution in [1.82, 2.24) is 5.32 Å². The molecular weight excluding hydrogens is 252 g/mol. The zero-order valence-corrected chi connectivity index (χ0v) is 11.5. The van der Waals surface area contributed by atoms with Gasteiger partial charge >= 0.3 is 0 Å². The number of carbonyl (C=O) groups is 1. The van der Waals surface area contributed by atoms with Gasteiger partial charge < -0.3 is 11.1 Å². The SMILES string of the molecule is CC(C)(C)NC(=O)CS(=O)(=O)c1ccc(N)cc1. The van der Waals surface area contributed by atoms with Gasteiger partial charge in [0.1, 0.15) is 5.75 Å². The summed E-state index contributed by atoms with van der Waals surface area (Å²) in [5.41, 5.74) is 5.51. The number of carbonyl (C=O) groups excluding carboxylic acids is 1. The maximum atomic E-state index is 11.9. The van der Waals surface area contributed by atoms with Crippen molar-refractivity contribution in [2.24, 2.45) is 0 Å². The molecule has 0 aliphatic heterocycles. The van der Waals surface area contributed by atoms with Crippen LogP contribution in [0.2, 0.25) is 0 Å². The maximum Gasteiger partial charge on any atom is 0.235 e. The average molecular weight is 270 g/mol. The third-order valence-corrected chi connectivity index (χ3v) is 3.71. The standard InChI is InChI=1S/C12H18N2O3S/c1-12(2,3)14-11(15)8-18(16,17)10-6-4-9(13)5-7-10/h4-7H,8,13H2,1-3H3,(H,14,15). The zero-order chi connectivity index (χ0) is 14.0. The van der Waals surface area contributed by atoms with Crippen LogP contribution in [0.1, 0.15) is 20.8 Å². The lowest BCUT2D eigenvalue weighted by molar-refractivity contribution is -0.120. The summed E-state index contributed by atoms with van der Waals surface area (Å²) < 4.78 is 23.9. The molecule has 1 aromatic rings. The largest absolute Gasteiger partial charge is 0.399 e. The first-order valence-corrected chi connectivity index (χ1v) is 7.15. The summed E-state index contributed by atoms with van der Waals surface area (Å²) in [5, 5.41) is 2.61. The van der Waals surface area contributed by atoms with Crippen molar-refractivity contribution in [2.45, 2.75) is 31.2 Å². The molecule has 1 aromatic carbocycles. The molecule has 0 unspecified atom stereocenters. The van der Waals surface area contributed by atoms with Gasteiger partial charge in [-0.2, -0.15) is 0 Å². The van der Waals surface area contributed by atoms with Crippen LogP contribution in [0, 0.1) is 0 Å². The highest BCUT2D eigenvalue weighted by atomic mass is 32.2. The Morgan fingerprint density at radius 2 is 1.72 bits per heavy atom. The Hall–Kier alpha value is -1.56.